The normalized spacial score (nSPS) is 12.7. The van der Waals surface area contributed by atoms with Gasteiger partial charge in [-0.3, -0.25) is 5.01 Å². The van der Waals surface area contributed by atoms with Crippen molar-refractivity contribution in [3.63, 3.8) is 0 Å². The van der Waals surface area contributed by atoms with Crippen LogP contribution in [0.3, 0.4) is 0 Å². The fourth-order valence-electron chi connectivity index (χ4n) is 4.92. The number of pyridine rings is 1. The highest BCUT2D eigenvalue weighted by atomic mass is 16.5. The third-order valence-electron chi connectivity index (χ3n) is 6.45. The van der Waals surface area contributed by atoms with Crippen LogP contribution in [0.1, 0.15) is 34.9 Å². The molecular weight excluding hydrogens is 450 g/mol. The third kappa shape index (κ3) is 5.74. The van der Waals surface area contributed by atoms with E-state index in [0.29, 0.717) is 6.61 Å². The Morgan fingerprint density at radius 3 is 2.42 bits per heavy atom. The Labute approximate surface area is 215 Å². The van der Waals surface area contributed by atoms with E-state index in [9.17, 15) is 0 Å². The smallest absolute Gasteiger partial charge is 0.161 e. The first-order chi connectivity index (χ1) is 17.4. The van der Waals surface area contributed by atoms with Crippen molar-refractivity contribution in [2.24, 2.45) is 0 Å². The summed E-state index contributed by atoms with van der Waals surface area (Å²) in [6.07, 6.45) is 0.929. The second-order valence-corrected chi connectivity index (χ2v) is 9.37. The largest absolute Gasteiger partial charge is 0.493 e. The molecule has 2 N–H and O–H groups in total. The molecular formula is C29H39N5O2. The molecule has 7 nitrogen and oxygen atoms in total. The summed E-state index contributed by atoms with van der Waals surface area (Å²) in [5.74, 6) is 2.59. The van der Waals surface area contributed by atoms with Crippen molar-refractivity contribution in [2.75, 3.05) is 49.9 Å². The number of hydrazine groups is 1. The molecule has 1 aliphatic heterocycles. The van der Waals surface area contributed by atoms with Gasteiger partial charge in [-0.1, -0.05) is 23.8 Å². The lowest BCUT2D eigenvalue weighted by molar-refractivity contribution is 0.310. The van der Waals surface area contributed by atoms with Crippen LogP contribution in [0.4, 0.5) is 17.2 Å². The first-order valence-electron chi connectivity index (χ1n) is 12.8. The number of ether oxygens (including phenoxy) is 2. The summed E-state index contributed by atoms with van der Waals surface area (Å²) in [4.78, 5) is 7.22. The summed E-state index contributed by atoms with van der Waals surface area (Å²) in [5, 5.41) is 5.75. The number of methoxy groups -OCH3 is 1. The monoisotopic (exact) mass is 489 g/mol. The van der Waals surface area contributed by atoms with E-state index in [-0.39, 0.29) is 0 Å². The highest BCUT2D eigenvalue weighted by molar-refractivity contribution is 5.81. The van der Waals surface area contributed by atoms with E-state index in [4.69, 9.17) is 14.5 Å². The minimum Gasteiger partial charge on any atom is -0.493 e. The van der Waals surface area contributed by atoms with Crippen molar-refractivity contribution in [3.05, 3.63) is 70.4 Å². The number of nitrogens with zero attached hydrogens (tertiary/aromatic N) is 3. The number of rotatable bonds is 11. The van der Waals surface area contributed by atoms with Crippen molar-refractivity contribution >= 4 is 17.2 Å². The predicted octanol–water partition coefficient (Wildman–Crippen LogP) is 4.98. The number of fused-ring (bicyclic) bond motifs is 1. The van der Waals surface area contributed by atoms with E-state index in [1.54, 1.807) is 7.11 Å². The molecule has 0 saturated heterocycles. The maximum atomic E-state index is 5.61. The molecule has 0 radical (unpaired) electrons. The van der Waals surface area contributed by atoms with Crippen LogP contribution in [0.15, 0.2) is 42.5 Å². The molecule has 2 heterocycles. The van der Waals surface area contributed by atoms with Gasteiger partial charge >= 0.3 is 0 Å². The van der Waals surface area contributed by atoms with E-state index >= 15 is 0 Å². The number of hydrogen-bond acceptors (Lipinski definition) is 7. The number of nitrogens with one attached hydrogen (secondary N) is 2. The zero-order valence-electron chi connectivity index (χ0n) is 22.4. The molecule has 1 aliphatic rings. The van der Waals surface area contributed by atoms with Crippen LogP contribution in [0.5, 0.6) is 11.5 Å². The van der Waals surface area contributed by atoms with E-state index in [1.165, 1.54) is 27.9 Å². The highest BCUT2D eigenvalue weighted by Gasteiger charge is 2.30. The third-order valence-corrected chi connectivity index (χ3v) is 6.45. The molecule has 7 heteroatoms. The predicted molar refractivity (Wildman–Crippen MR) is 148 cm³/mol. The van der Waals surface area contributed by atoms with E-state index in [0.717, 1.165) is 61.4 Å². The van der Waals surface area contributed by atoms with Crippen LogP contribution in [-0.4, -0.2) is 45.0 Å². The minimum atomic E-state index is 0.628. The lowest BCUT2D eigenvalue weighted by Gasteiger charge is -2.25. The second-order valence-electron chi connectivity index (χ2n) is 9.37. The number of aromatic nitrogens is 1. The summed E-state index contributed by atoms with van der Waals surface area (Å²) < 4.78 is 11.1. The van der Waals surface area contributed by atoms with Gasteiger partial charge in [0.25, 0.3) is 0 Å². The summed E-state index contributed by atoms with van der Waals surface area (Å²) in [7, 11) is 1.68. The summed E-state index contributed by atoms with van der Waals surface area (Å²) in [6, 6.07) is 14.9. The molecule has 0 saturated carbocycles. The zero-order chi connectivity index (χ0) is 25.7. The SMILES string of the molecule is CCOc1ccc(CCNCCNN2CN(c3c(C)cc(C)cc3C)c3nc(C)ccc32)cc1OC. The molecule has 0 atom stereocenters. The second kappa shape index (κ2) is 11.6. The van der Waals surface area contributed by atoms with E-state index in [2.05, 4.69) is 77.8 Å². The molecule has 0 fully saturated rings. The average Bonchev–Trinajstić information content (AvgIpc) is 3.18. The Morgan fingerprint density at radius 1 is 0.917 bits per heavy atom. The van der Waals surface area contributed by atoms with Crippen molar-refractivity contribution in [3.8, 4) is 11.5 Å². The molecule has 0 unspecified atom stereocenters. The van der Waals surface area contributed by atoms with Crippen LogP contribution >= 0.6 is 0 Å². The number of hydrogen-bond donors (Lipinski definition) is 2. The maximum Gasteiger partial charge on any atom is 0.161 e. The van der Waals surface area contributed by atoms with E-state index < -0.39 is 0 Å². The van der Waals surface area contributed by atoms with Crippen LogP contribution in [0.2, 0.25) is 0 Å². The molecule has 0 spiro atoms. The standard InChI is InChI=1S/C29H39N5O2/c1-7-36-26-11-9-24(18-27(26)35-6)12-13-30-14-15-31-34-19-33(29-25(34)10-8-23(5)32-29)28-21(3)16-20(2)17-22(28)4/h8-11,16-18,30-31H,7,12-15,19H2,1-6H3. The van der Waals surface area contributed by atoms with E-state index in [1.807, 2.05) is 19.9 Å². The van der Waals surface area contributed by atoms with Crippen LogP contribution < -0.4 is 30.1 Å². The Balaban J connectivity index is 1.33. The van der Waals surface area contributed by atoms with Gasteiger partial charge in [-0.05, 0) is 88.5 Å². The van der Waals surface area contributed by atoms with Crippen molar-refractivity contribution in [1.29, 1.82) is 0 Å². The zero-order valence-corrected chi connectivity index (χ0v) is 22.4. The Morgan fingerprint density at radius 2 is 1.69 bits per heavy atom. The van der Waals surface area contributed by atoms with Gasteiger partial charge < -0.3 is 19.7 Å². The fraction of sp³-hybridized carbons (Fsp3) is 0.414. The van der Waals surface area contributed by atoms with Crippen molar-refractivity contribution < 1.29 is 9.47 Å². The first-order valence-corrected chi connectivity index (χ1v) is 12.8. The maximum absolute atomic E-state index is 5.61. The topological polar surface area (TPSA) is 61.9 Å². The molecule has 3 aromatic rings. The first kappa shape index (κ1) is 25.8. The Kier molecular flexibility index (Phi) is 8.33. The summed E-state index contributed by atoms with van der Waals surface area (Å²) >= 11 is 0. The molecule has 0 aliphatic carbocycles. The van der Waals surface area contributed by atoms with Gasteiger partial charge in [-0.15, -0.1) is 0 Å². The lowest BCUT2D eigenvalue weighted by atomic mass is 10.0. The molecule has 192 valence electrons. The molecule has 4 rings (SSSR count). The highest BCUT2D eigenvalue weighted by Crippen LogP contribution is 2.41. The summed E-state index contributed by atoms with van der Waals surface area (Å²) in [6.45, 7) is 14.5. The Bertz CT molecular complexity index is 1170. The summed E-state index contributed by atoms with van der Waals surface area (Å²) in [5.41, 5.74) is 12.0. The van der Waals surface area contributed by atoms with Crippen LogP contribution in [0, 0.1) is 27.7 Å². The van der Waals surface area contributed by atoms with Gasteiger partial charge in [0.05, 0.1) is 25.1 Å². The van der Waals surface area contributed by atoms with Crippen molar-refractivity contribution in [1.82, 2.24) is 15.7 Å². The number of benzene rings is 2. The van der Waals surface area contributed by atoms with Gasteiger partial charge in [-0.25, -0.2) is 10.4 Å². The lowest BCUT2D eigenvalue weighted by Crippen LogP contribution is -2.43. The van der Waals surface area contributed by atoms with Gasteiger partial charge in [-0.2, -0.15) is 0 Å². The quantitative estimate of drug-likeness (QED) is 0.369. The van der Waals surface area contributed by atoms with Crippen LogP contribution in [-0.2, 0) is 6.42 Å². The minimum absolute atomic E-state index is 0.628. The fourth-order valence-corrected chi connectivity index (χ4v) is 4.92. The number of anilines is 3. The average molecular weight is 490 g/mol. The van der Waals surface area contributed by atoms with Crippen molar-refractivity contribution in [2.45, 2.75) is 41.0 Å². The van der Waals surface area contributed by atoms with Crippen LogP contribution in [0.25, 0.3) is 0 Å². The van der Waals surface area contributed by atoms with Gasteiger partial charge in [0.2, 0.25) is 0 Å². The Hall–Kier alpha value is -3.29. The molecule has 1 aromatic heterocycles. The molecule has 36 heavy (non-hydrogen) atoms. The number of aryl methyl sites for hydroxylation is 4. The van der Waals surface area contributed by atoms with Gasteiger partial charge in [0, 0.05) is 18.8 Å². The molecule has 0 bridgehead atoms. The molecule has 0 amide bonds. The van der Waals surface area contributed by atoms with Gasteiger partial charge in [0.1, 0.15) is 6.67 Å². The van der Waals surface area contributed by atoms with Gasteiger partial charge in [0.15, 0.2) is 17.3 Å². The molecule has 2 aromatic carbocycles.